The number of carbonyl (C=O) groups is 1. The van der Waals surface area contributed by atoms with Gasteiger partial charge < -0.3 is 10.8 Å². The predicted octanol–water partition coefficient (Wildman–Crippen LogP) is 0.0575. The topological polar surface area (TPSA) is 81.1 Å². The van der Waals surface area contributed by atoms with Gasteiger partial charge in [0, 0.05) is 0 Å². The first-order chi connectivity index (χ1) is 5.61. The molecule has 0 spiro atoms. The molecule has 3 N–H and O–H groups in total. The molecular weight excluding hydrogens is 226 g/mol. The van der Waals surface area contributed by atoms with Crippen LogP contribution in [-0.4, -0.2) is 26.9 Å². The van der Waals surface area contributed by atoms with Crippen LogP contribution in [-0.2, 0) is 11.3 Å². The number of hydrogen-bond acceptors (Lipinski definition) is 3. The Bertz CT molecular complexity index is 286. The molecule has 12 heavy (non-hydrogen) atoms. The minimum atomic E-state index is -1.03. The van der Waals surface area contributed by atoms with E-state index in [1.54, 1.807) is 12.3 Å². The summed E-state index contributed by atoms with van der Waals surface area (Å²) in [5.74, 6) is -1.03. The monoisotopic (exact) mass is 233 g/mol. The van der Waals surface area contributed by atoms with Gasteiger partial charge in [-0.3, -0.25) is 9.48 Å². The van der Waals surface area contributed by atoms with Gasteiger partial charge in [-0.2, -0.15) is 5.10 Å². The van der Waals surface area contributed by atoms with Gasteiger partial charge >= 0.3 is 5.97 Å². The summed E-state index contributed by atoms with van der Waals surface area (Å²) in [7, 11) is 0. The zero-order chi connectivity index (χ0) is 9.14. The smallest absolute Gasteiger partial charge is 0.322 e. The summed E-state index contributed by atoms with van der Waals surface area (Å²) in [6, 6.07) is 0.801. The average molecular weight is 234 g/mol. The summed E-state index contributed by atoms with van der Waals surface area (Å²) < 4.78 is 2.21. The molecule has 0 bridgehead atoms. The zero-order valence-electron chi connectivity index (χ0n) is 6.14. The first kappa shape index (κ1) is 9.21. The van der Waals surface area contributed by atoms with Crippen molar-refractivity contribution in [3.63, 3.8) is 0 Å². The molecule has 0 aliphatic carbocycles. The van der Waals surface area contributed by atoms with Crippen molar-refractivity contribution >= 4 is 21.9 Å². The van der Waals surface area contributed by atoms with Crippen LogP contribution in [0.1, 0.15) is 0 Å². The van der Waals surface area contributed by atoms with Gasteiger partial charge in [0.2, 0.25) is 0 Å². The summed E-state index contributed by atoms with van der Waals surface area (Å²) in [4.78, 5) is 10.4. The van der Waals surface area contributed by atoms with E-state index < -0.39 is 12.0 Å². The van der Waals surface area contributed by atoms with E-state index in [0.29, 0.717) is 0 Å². The maximum absolute atomic E-state index is 10.4. The summed E-state index contributed by atoms with van der Waals surface area (Å²) in [6.07, 6.45) is 1.57. The Labute approximate surface area is 77.3 Å². The third-order valence-electron chi connectivity index (χ3n) is 1.35. The molecule has 0 amide bonds. The van der Waals surface area contributed by atoms with Crippen molar-refractivity contribution in [3.05, 3.63) is 16.9 Å². The number of hydrogen-bond donors (Lipinski definition) is 2. The molecule has 0 saturated carbocycles. The van der Waals surface area contributed by atoms with E-state index in [2.05, 4.69) is 21.0 Å². The Morgan fingerprint density at radius 2 is 2.58 bits per heavy atom. The molecule has 0 aliphatic heterocycles. The lowest BCUT2D eigenvalue weighted by Crippen LogP contribution is -2.35. The second-order valence-corrected chi connectivity index (χ2v) is 3.09. The third-order valence-corrected chi connectivity index (χ3v) is 2.03. The second kappa shape index (κ2) is 3.68. The van der Waals surface area contributed by atoms with E-state index in [-0.39, 0.29) is 6.54 Å². The van der Waals surface area contributed by atoms with Gasteiger partial charge in [-0.1, -0.05) is 0 Å². The molecule has 0 radical (unpaired) electrons. The maximum atomic E-state index is 10.4. The van der Waals surface area contributed by atoms with Gasteiger partial charge in [0.15, 0.2) is 0 Å². The van der Waals surface area contributed by atoms with Crippen LogP contribution in [0.25, 0.3) is 0 Å². The first-order valence-electron chi connectivity index (χ1n) is 3.27. The maximum Gasteiger partial charge on any atom is 0.322 e. The number of aromatic nitrogens is 2. The van der Waals surface area contributed by atoms with E-state index in [1.807, 2.05) is 0 Å². The van der Waals surface area contributed by atoms with Crippen LogP contribution < -0.4 is 5.73 Å². The summed E-state index contributed by atoms with van der Waals surface area (Å²) in [6.45, 7) is 0.170. The highest BCUT2D eigenvalue weighted by molar-refractivity contribution is 9.10. The van der Waals surface area contributed by atoms with E-state index in [9.17, 15) is 4.79 Å². The van der Waals surface area contributed by atoms with Crippen LogP contribution in [0.2, 0.25) is 0 Å². The molecule has 0 aliphatic rings. The molecule has 5 nitrogen and oxygen atoms in total. The Morgan fingerprint density at radius 1 is 1.92 bits per heavy atom. The Hall–Kier alpha value is -0.880. The first-order valence-corrected chi connectivity index (χ1v) is 4.06. The highest BCUT2D eigenvalue weighted by atomic mass is 79.9. The number of carboxylic acid groups (broad SMARTS) is 1. The quantitative estimate of drug-likeness (QED) is 0.774. The molecule has 1 aromatic rings. The Balaban J connectivity index is 2.64. The molecule has 0 fully saturated rings. The van der Waals surface area contributed by atoms with Crippen molar-refractivity contribution < 1.29 is 9.90 Å². The van der Waals surface area contributed by atoms with Crippen molar-refractivity contribution in [2.75, 3.05) is 0 Å². The SMILES string of the molecule is NC(Cn1nccc1Br)C(=O)O. The molecule has 66 valence electrons. The molecule has 1 atom stereocenters. The standard InChI is InChI=1S/C6H8BrN3O2/c7-5-1-2-9-10(5)3-4(8)6(11)12/h1-2,4H,3,8H2,(H,11,12). The van der Waals surface area contributed by atoms with Gasteiger partial charge in [0.25, 0.3) is 0 Å². The van der Waals surface area contributed by atoms with Crippen molar-refractivity contribution in [2.24, 2.45) is 5.73 Å². The van der Waals surface area contributed by atoms with Gasteiger partial charge in [0.05, 0.1) is 12.7 Å². The Kier molecular flexibility index (Phi) is 2.83. The Morgan fingerprint density at radius 3 is 3.00 bits per heavy atom. The number of halogens is 1. The second-order valence-electron chi connectivity index (χ2n) is 2.28. The van der Waals surface area contributed by atoms with Gasteiger partial charge in [-0.05, 0) is 22.0 Å². The van der Waals surface area contributed by atoms with Crippen molar-refractivity contribution in [1.29, 1.82) is 0 Å². The van der Waals surface area contributed by atoms with E-state index in [1.165, 1.54) is 4.68 Å². The molecule has 1 unspecified atom stereocenters. The highest BCUT2D eigenvalue weighted by Gasteiger charge is 2.13. The normalized spacial score (nSPS) is 12.8. The number of nitrogens with zero attached hydrogens (tertiary/aromatic N) is 2. The lowest BCUT2D eigenvalue weighted by molar-refractivity contribution is -0.138. The van der Waals surface area contributed by atoms with Crippen LogP contribution in [0, 0.1) is 0 Å². The number of nitrogens with two attached hydrogens (primary N) is 1. The minimum absolute atomic E-state index is 0.170. The lowest BCUT2D eigenvalue weighted by atomic mass is 10.3. The largest absolute Gasteiger partial charge is 0.480 e. The molecule has 1 aromatic heterocycles. The molecule has 6 heteroatoms. The number of carboxylic acids is 1. The molecular formula is C6H8BrN3O2. The summed E-state index contributed by atoms with van der Waals surface area (Å²) in [5, 5.41) is 12.4. The molecule has 0 saturated heterocycles. The van der Waals surface area contributed by atoms with Gasteiger partial charge in [-0.25, -0.2) is 0 Å². The predicted molar refractivity (Wildman–Crippen MR) is 45.5 cm³/mol. The average Bonchev–Trinajstić information content (AvgIpc) is 2.36. The van der Waals surface area contributed by atoms with Crippen LogP contribution in [0.5, 0.6) is 0 Å². The number of aliphatic carboxylic acids is 1. The number of rotatable bonds is 3. The van der Waals surface area contributed by atoms with E-state index in [0.717, 1.165) is 4.60 Å². The van der Waals surface area contributed by atoms with Crippen LogP contribution >= 0.6 is 15.9 Å². The van der Waals surface area contributed by atoms with Crippen LogP contribution in [0.15, 0.2) is 16.9 Å². The van der Waals surface area contributed by atoms with Crippen LogP contribution in [0.3, 0.4) is 0 Å². The fraction of sp³-hybridized carbons (Fsp3) is 0.333. The molecule has 0 aromatic carbocycles. The zero-order valence-corrected chi connectivity index (χ0v) is 7.73. The fourth-order valence-electron chi connectivity index (χ4n) is 0.715. The van der Waals surface area contributed by atoms with E-state index in [4.69, 9.17) is 10.8 Å². The summed E-state index contributed by atoms with van der Waals surface area (Å²) >= 11 is 3.20. The fourth-order valence-corrected chi connectivity index (χ4v) is 1.07. The lowest BCUT2D eigenvalue weighted by Gasteiger charge is -2.06. The van der Waals surface area contributed by atoms with Crippen molar-refractivity contribution in [2.45, 2.75) is 12.6 Å². The molecule has 1 heterocycles. The minimum Gasteiger partial charge on any atom is -0.480 e. The highest BCUT2D eigenvalue weighted by Crippen LogP contribution is 2.07. The van der Waals surface area contributed by atoms with Gasteiger partial charge in [-0.15, -0.1) is 0 Å². The van der Waals surface area contributed by atoms with Crippen molar-refractivity contribution in [1.82, 2.24) is 9.78 Å². The molecule has 1 rings (SSSR count). The van der Waals surface area contributed by atoms with Gasteiger partial charge in [0.1, 0.15) is 10.6 Å². The van der Waals surface area contributed by atoms with Crippen molar-refractivity contribution in [3.8, 4) is 0 Å². The van der Waals surface area contributed by atoms with Crippen LogP contribution in [0.4, 0.5) is 0 Å². The van der Waals surface area contributed by atoms with E-state index >= 15 is 0 Å². The third kappa shape index (κ3) is 2.05. The summed E-state index contributed by atoms with van der Waals surface area (Å²) in [5.41, 5.74) is 5.30.